The second kappa shape index (κ2) is 4.60. The van der Waals surface area contributed by atoms with Crippen molar-refractivity contribution >= 4 is 0 Å². The van der Waals surface area contributed by atoms with Crippen molar-refractivity contribution < 1.29 is 18.3 Å². The summed E-state index contributed by atoms with van der Waals surface area (Å²) in [5.74, 6) is 0. The molecule has 1 nitrogen and oxygen atoms in total. The minimum Gasteiger partial charge on any atom is -0.380 e. The Hall–Kier alpha value is -1.81. The largest absolute Gasteiger partial charge is 0.416 e. The first-order valence-corrected chi connectivity index (χ1v) is 6.81. The third-order valence-electron chi connectivity index (χ3n) is 4.16. The lowest BCUT2D eigenvalue weighted by Gasteiger charge is -2.25. The Morgan fingerprint density at radius 3 is 2.33 bits per heavy atom. The predicted molar refractivity (Wildman–Crippen MR) is 73.9 cm³/mol. The van der Waals surface area contributed by atoms with Gasteiger partial charge in [-0.15, -0.1) is 0 Å². The average Bonchev–Trinajstić information content (AvgIpc) is 2.77. The zero-order valence-electron chi connectivity index (χ0n) is 11.5. The first-order valence-electron chi connectivity index (χ1n) is 6.81. The van der Waals surface area contributed by atoms with Crippen LogP contribution in [0.4, 0.5) is 13.2 Å². The highest BCUT2D eigenvalue weighted by Gasteiger charge is 2.39. The number of aliphatic hydroxyl groups is 1. The van der Waals surface area contributed by atoms with E-state index in [1.165, 1.54) is 12.1 Å². The van der Waals surface area contributed by atoms with Crippen molar-refractivity contribution in [3.8, 4) is 0 Å². The molecule has 1 aliphatic rings. The minimum atomic E-state index is -4.36. The van der Waals surface area contributed by atoms with E-state index >= 15 is 0 Å². The van der Waals surface area contributed by atoms with Crippen LogP contribution in [0.5, 0.6) is 0 Å². The highest BCUT2D eigenvalue weighted by atomic mass is 19.4. The van der Waals surface area contributed by atoms with Crippen LogP contribution in [0.25, 0.3) is 0 Å². The summed E-state index contributed by atoms with van der Waals surface area (Å²) in [4.78, 5) is 0. The molecular weight excluding hydrogens is 277 g/mol. The molecule has 21 heavy (non-hydrogen) atoms. The molecular formula is C17H15F3O. The van der Waals surface area contributed by atoms with E-state index in [9.17, 15) is 18.3 Å². The lowest BCUT2D eigenvalue weighted by molar-refractivity contribution is -0.137. The number of halogens is 3. The third-order valence-corrected chi connectivity index (χ3v) is 4.16. The molecule has 0 amide bonds. The molecule has 1 aliphatic carbocycles. The Balaban J connectivity index is 2.04. The molecule has 0 saturated heterocycles. The minimum absolute atomic E-state index is 0.497. The smallest absolute Gasteiger partial charge is 0.380 e. The van der Waals surface area contributed by atoms with E-state index in [0.717, 1.165) is 35.2 Å². The summed E-state index contributed by atoms with van der Waals surface area (Å²) in [6, 6.07) is 10.7. The van der Waals surface area contributed by atoms with E-state index in [2.05, 4.69) is 0 Å². The lowest BCUT2D eigenvalue weighted by Crippen LogP contribution is -2.24. The van der Waals surface area contributed by atoms with Crippen molar-refractivity contribution in [1.82, 2.24) is 0 Å². The maximum Gasteiger partial charge on any atom is 0.416 e. The van der Waals surface area contributed by atoms with Crippen LogP contribution in [0, 0.1) is 6.92 Å². The standard InChI is InChI=1S/C17H15F3O/c1-11-2-3-12-8-9-16(21,15(12)10-11)13-4-6-14(7-5-13)17(18,19)20/h2-7,10,21H,8-9H2,1H3. The van der Waals surface area contributed by atoms with E-state index in [0.29, 0.717) is 12.0 Å². The van der Waals surface area contributed by atoms with Crippen LogP contribution in [-0.2, 0) is 18.2 Å². The molecule has 0 bridgehead atoms. The quantitative estimate of drug-likeness (QED) is 0.835. The van der Waals surface area contributed by atoms with Crippen LogP contribution >= 0.6 is 0 Å². The van der Waals surface area contributed by atoms with Crippen LogP contribution in [0.2, 0.25) is 0 Å². The van der Waals surface area contributed by atoms with Crippen LogP contribution in [0.3, 0.4) is 0 Å². The summed E-state index contributed by atoms with van der Waals surface area (Å²) in [6.45, 7) is 1.94. The van der Waals surface area contributed by atoms with Gasteiger partial charge in [-0.25, -0.2) is 0 Å². The maximum atomic E-state index is 12.6. The molecule has 3 rings (SSSR count). The van der Waals surface area contributed by atoms with Gasteiger partial charge in [-0.1, -0.05) is 35.9 Å². The van der Waals surface area contributed by atoms with Crippen molar-refractivity contribution in [3.63, 3.8) is 0 Å². The van der Waals surface area contributed by atoms with Crippen molar-refractivity contribution in [2.75, 3.05) is 0 Å². The Morgan fingerprint density at radius 2 is 1.71 bits per heavy atom. The topological polar surface area (TPSA) is 20.2 Å². The molecule has 1 N–H and O–H groups in total. The number of rotatable bonds is 1. The van der Waals surface area contributed by atoms with Gasteiger partial charge in [0.25, 0.3) is 0 Å². The fourth-order valence-electron chi connectivity index (χ4n) is 2.98. The Morgan fingerprint density at radius 1 is 1.05 bits per heavy atom. The summed E-state index contributed by atoms with van der Waals surface area (Å²) in [5, 5.41) is 11.0. The van der Waals surface area contributed by atoms with Crippen molar-refractivity contribution in [2.24, 2.45) is 0 Å². The summed E-state index contributed by atoms with van der Waals surface area (Å²) in [6.07, 6.45) is -3.13. The van der Waals surface area contributed by atoms with E-state index in [1.54, 1.807) is 0 Å². The SMILES string of the molecule is Cc1ccc2c(c1)C(O)(c1ccc(C(F)(F)F)cc1)CC2. The van der Waals surface area contributed by atoms with Gasteiger partial charge in [0.15, 0.2) is 0 Å². The average molecular weight is 292 g/mol. The van der Waals surface area contributed by atoms with Crippen LogP contribution in [-0.4, -0.2) is 5.11 Å². The monoisotopic (exact) mass is 292 g/mol. The number of hydrogen-bond donors (Lipinski definition) is 1. The second-order valence-corrected chi connectivity index (χ2v) is 5.60. The number of benzene rings is 2. The first-order chi connectivity index (χ1) is 9.80. The Kier molecular flexibility index (Phi) is 3.10. The molecule has 1 atom stereocenters. The molecule has 0 aliphatic heterocycles. The number of fused-ring (bicyclic) bond motifs is 1. The van der Waals surface area contributed by atoms with Crippen LogP contribution in [0.1, 0.15) is 34.2 Å². The van der Waals surface area contributed by atoms with Gasteiger partial charge in [0, 0.05) is 0 Å². The summed E-state index contributed by atoms with van der Waals surface area (Å²) >= 11 is 0. The van der Waals surface area contributed by atoms with Crippen molar-refractivity contribution in [3.05, 3.63) is 70.3 Å². The zero-order valence-corrected chi connectivity index (χ0v) is 11.5. The summed E-state index contributed by atoms with van der Waals surface area (Å²) in [5.41, 5.74) is 1.52. The van der Waals surface area contributed by atoms with Crippen LogP contribution < -0.4 is 0 Å². The highest BCUT2D eigenvalue weighted by Crippen LogP contribution is 2.43. The molecule has 0 spiro atoms. The van der Waals surface area contributed by atoms with Gasteiger partial charge in [0.1, 0.15) is 5.60 Å². The van der Waals surface area contributed by atoms with E-state index in [4.69, 9.17) is 0 Å². The van der Waals surface area contributed by atoms with Gasteiger partial charge in [0.2, 0.25) is 0 Å². The molecule has 2 aromatic carbocycles. The third kappa shape index (κ3) is 2.33. The summed E-state index contributed by atoms with van der Waals surface area (Å²) < 4.78 is 37.9. The fourth-order valence-corrected chi connectivity index (χ4v) is 2.98. The van der Waals surface area contributed by atoms with Gasteiger partial charge in [-0.2, -0.15) is 13.2 Å². The molecule has 1 unspecified atom stereocenters. The van der Waals surface area contributed by atoms with E-state index in [1.807, 2.05) is 25.1 Å². The molecule has 4 heteroatoms. The molecule has 0 aromatic heterocycles. The van der Waals surface area contributed by atoms with Gasteiger partial charge >= 0.3 is 6.18 Å². The second-order valence-electron chi connectivity index (χ2n) is 5.60. The molecule has 0 radical (unpaired) electrons. The molecule has 0 saturated carbocycles. The number of aryl methyl sites for hydroxylation is 2. The van der Waals surface area contributed by atoms with Gasteiger partial charge in [0.05, 0.1) is 5.56 Å². The molecule has 110 valence electrons. The normalized spacial score (nSPS) is 21.4. The van der Waals surface area contributed by atoms with Crippen molar-refractivity contribution in [2.45, 2.75) is 31.5 Å². The Labute approximate surface area is 121 Å². The van der Waals surface area contributed by atoms with Crippen LogP contribution in [0.15, 0.2) is 42.5 Å². The fraction of sp³-hybridized carbons (Fsp3) is 0.294. The summed E-state index contributed by atoms with van der Waals surface area (Å²) in [7, 11) is 0. The predicted octanol–water partition coefficient (Wildman–Crippen LogP) is 4.20. The van der Waals surface area contributed by atoms with Gasteiger partial charge in [-0.3, -0.25) is 0 Å². The maximum absolute atomic E-state index is 12.6. The molecule has 0 fully saturated rings. The molecule has 2 aromatic rings. The lowest BCUT2D eigenvalue weighted by atomic mass is 9.87. The Bertz CT molecular complexity index is 673. The van der Waals surface area contributed by atoms with Gasteiger partial charge < -0.3 is 5.11 Å². The van der Waals surface area contributed by atoms with Crippen molar-refractivity contribution in [1.29, 1.82) is 0 Å². The molecule has 0 heterocycles. The highest BCUT2D eigenvalue weighted by molar-refractivity contribution is 5.47. The van der Waals surface area contributed by atoms with E-state index < -0.39 is 17.3 Å². The van der Waals surface area contributed by atoms with E-state index in [-0.39, 0.29) is 0 Å². The number of alkyl halides is 3. The number of hydrogen-bond acceptors (Lipinski definition) is 1. The first kappa shape index (κ1) is 14.1. The zero-order chi connectivity index (χ0) is 15.3. The van der Waals surface area contributed by atoms with Gasteiger partial charge in [-0.05, 0) is 48.6 Å².